The number of aromatic amines is 1. The zero-order valence-electron chi connectivity index (χ0n) is 22.6. The quantitative estimate of drug-likeness (QED) is 0.335. The number of anilines is 1. The van der Waals surface area contributed by atoms with Crippen LogP contribution < -0.4 is 10.6 Å². The molecule has 2 atom stereocenters. The number of aromatic nitrogens is 1. The Bertz CT molecular complexity index is 1780. The molecule has 10 heteroatoms. The maximum absolute atomic E-state index is 13.3. The number of benzene rings is 2. The van der Waals surface area contributed by atoms with Crippen molar-refractivity contribution < 1.29 is 19.8 Å². The number of carbonyl (C=O) groups is 2. The highest BCUT2D eigenvalue weighted by Crippen LogP contribution is 2.48. The van der Waals surface area contributed by atoms with Gasteiger partial charge in [-0.2, -0.15) is 0 Å². The molecule has 1 aliphatic carbocycles. The van der Waals surface area contributed by atoms with Crippen molar-refractivity contribution in [1.29, 1.82) is 0 Å². The third-order valence-electron chi connectivity index (χ3n) is 7.95. The predicted octanol–water partition coefficient (Wildman–Crippen LogP) is 5.13. The Hall–Kier alpha value is -3.82. The number of nitrogens with two attached hydrogens (primary N) is 1. The highest BCUT2D eigenvalue weighted by atomic mass is 35.5. The number of fused-ring (bicyclic) bond motifs is 4. The van der Waals surface area contributed by atoms with Crippen LogP contribution in [0, 0.1) is 6.92 Å². The third kappa shape index (κ3) is 4.30. The van der Waals surface area contributed by atoms with Crippen LogP contribution in [0.1, 0.15) is 54.1 Å². The summed E-state index contributed by atoms with van der Waals surface area (Å²) in [4.78, 5) is 32.0. The molecule has 8 nitrogen and oxygen atoms in total. The fourth-order valence-corrected chi connectivity index (χ4v) is 6.42. The molecule has 0 spiro atoms. The topological polar surface area (TPSA) is 123 Å². The average Bonchev–Trinajstić information content (AvgIpc) is 3.28. The number of carbonyl (C=O) groups excluding carboxylic acids is 2. The van der Waals surface area contributed by atoms with Crippen molar-refractivity contribution in [3.8, 4) is 0 Å². The highest BCUT2D eigenvalue weighted by molar-refractivity contribution is 6.35. The van der Waals surface area contributed by atoms with E-state index in [2.05, 4.69) is 4.98 Å². The molecule has 210 valence electrons. The largest absolute Gasteiger partial charge is 0.386 e. The Kier molecular flexibility index (Phi) is 6.43. The van der Waals surface area contributed by atoms with Crippen LogP contribution in [-0.2, 0) is 15.2 Å². The minimum absolute atomic E-state index is 0.203. The van der Waals surface area contributed by atoms with Gasteiger partial charge in [0.2, 0.25) is 12.3 Å². The zero-order chi connectivity index (χ0) is 29.4. The van der Waals surface area contributed by atoms with E-state index in [1.165, 1.54) is 15.9 Å². The number of H-pyrrole nitrogens is 1. The minimum atomic E-state index is -1.32. The first-order chi connectivity index (χ1) is 19.4. The molecule has 2 aliphatic heterocycles. The molecule has 0 bridgehead atoms. The van der Waals surface area contributed by atoms with E-state index in [-0.39, 0.29) is 6.42 Å². The summed E-state index contributed by atoms with van der Waals surface area (Å²) in [5.74, 6) is -1.59. The number of halogens is 2. The monoisotopic (exact) mass is 590 g/mol. The SMILES string of the molecule is Cc1c(C2=C(Cl)C[C@H](C(N)=O)c3[nH]c4cc(C(C)(C)O)ccc4c32)cccc1N1C(=O)C=C2C(Cl)=CC=CN2[C@@H]1O. The fraction of sp³-hybridized carbons (Fsp3) is 0.226. The van der Waals surface area contributed by atoms with Crippen LogP contribution in [0.3, 0.4) is 0 Å². The summed E-state index contributed by atoms with van der Waals surface area (Å²) in [7, 11) is 0. The molecule has 41 heavy (non-hydrogen) atoms. The molecule has 3 heterocycles. The van der Waals surface area contributed by atoms with Crippen molar-refractivity contribution in [2.24, 2.45) is 5.73 Å². The number of hydrogen-bond donors (Lipinski definition) is 4. The summed E-state index contributed by atoms with van der Waals surface area (Å²) in [5.41, 5.74) is 10.6. The predicted molar refractivity (Wildman–Crippen MR) is 160 cm³/mol. The Morgan fingerprint density at radius 2 is 1.95 bits per heavy atom. The lowest BCUT2D eigenvalue weighted by atomic mass is 9.81. The van der Waals surface area contributed by atoms with E-state index >= 15 is 0 Å². The molecule has 3 aliphatic rings. The van der Waals surface area contributed by atoms with Crippen LogP contribution in [0.4, 0.5) is 5.69 Å². The molecule has 5 N–H and O–H groups in total. The number of amides is 2. The van der Waals surface area contributed by atoms with Gasteiger partial charge in [0.15, 0.2) is 0 Å². The normalized spacial score (nSPS) is 20.7. The van der Waals surface area contributed by atoms with Crippen molar-refractivity contribution >= 4 is 57.2 Å². The number of rotatable bonds is 4. The maximum Gasteiger partial charge on any atom is 0.256 e. The molecule has 2 aromatic carbocycles. The lowest BCUT2D eigenvalue weighted by Gasteiger charge is -2.41. The first-order valence-corrected chi connectivity index (χ1v) is 13.9. The number of nitrogens with zero attached hydrogens (tertiary/aromatic N) is 2. The summed E-state index contributed by atoms with van der Waals surface area (Å²) in [6.45, 7) is 5.28. The van der Waals surface area contributed by atoms with E-state index < -0.39 is 29.7 Å². The van der Waals surface area contributed by atoms with Crippen LogP contribution in [-0.4, -0.2) is 38.3 Å². The lowest BCUT2D eigenvalue weighted by molar-refractivity contribution is -0.120. The molecule has 0 saturated carbocycles. The Labute approximate surface area is 246 Å². The molecule has 0 fully saturated rings. The molecule has 1 aromatic heterocycles. The van der Waals surface area contributed by atoms with Crippen molar-refractivity contribution in [2.75, 3.05) is 4.90 Å². The van der Waals surface area contributed by atoms with Gasteiger partial charge < -0.3 is 25.8 Å². The molecule has 2 amide bonds. The van der Waals surface area contributed by atoms with Gasteiger partial charge in [-0.05, 0) is 61.7 Å². The summed E-state index contributed by atoms with van der Waals surface area (Å²) >= 11 is 13.2. The van der Waals surface area contributed by atoms with E-state index in [1.54, 1.807) is 44.3 Å². The number of aliphatic hydroxyl groups is 2. The van der Waals surface area contributed by atoms with Gasteiger partial charge in [-0.3, -0.25) is 14.5 Å². The third-order valence-corrected chi connectivity index (χ3v) is 8.62. The van der Waals surface area contributed by atoms with Gasteiger partial charge in [0, 0.05) is 51.5 Å². The summed E-state index contributed by atoms with van der Waals surface area (Å²) in [6.07, 6.45) is 5.29. The van der Waals surface area contributed by atoms with E-state index in [0.717, 1.165) is 22.0 Å². The molecular formula is C31H28Cl2N4O4. The molecule has 0 radical (unpaired) electrons. The van der Waals surface area contributed by atoms with Crippen LogP contribution >= 0.6 is 23.2 Å². The second kappa shape index (κ2) is 9.63. The van der Waals surface area contributed by atoms with Crippen molar-refractivity contribution in [2.45, 2.75) is 45.1 Å². The Morgan fingerprint density at radius 3 is 2.66 bits per heavy atom. The number of primary amides is 1. The van der Waals surface area contributed by atoms with Crippen molar-refractivity contribution in [1.82, 2.24) is 9.88 Å². The first kappa shape index (κ1) is 27.4. The van der Waals surface area contributed by atoms with Gasteiger partial charge in [0.05, 0.1) is 27.9 Å². The average molecular weight is 591 g/mol. The number of aliphatic hydroxyl groups excluding tert-OH is 1. The smallest absolute Gasteiger partial charge is 0.256 e. The lowest BCUT2D eigenvalue weighted by Crippen LogP contribution is -2.52. The molecule has 3 aromatic rings. The van der Waals surface area contributed by atoms with Gasteiger partial charge in [-0.15, -0.1) is 0 Å². The first-order valence-electron chi connectivity index (χ1n) is 13.1. The summed E-state index contributed by atoms with van der Waals surface area (Å²) in [6, 6.07) is 11.1. The molecule has 0 unspecified atom stereocenters. The summed E-state index contributed by atoms with van der Waals surface area (Å²) < 4.78 is 0. The van der Waals surface area contributed by atoms with Gasteiger partial charge in [0.25, 0.3) is 5.91 Å². The molecular weight excluding hydrogens is 563 g/mol. The van der Waals surface area contributed by atoms with Crippen LogP contribution in [0.15, 0.2) is 76.6 Å². The van der Waals surface area contributed by atoms with Crippen LogP contribution in [0.2, 0.25) is 0 Å². The number of hydrogen-bond acceptors (Lipinski definition) is 5. The Morgan fingerprint density at radius 1 is 1.20 bits per heavy atom. The highest BCUT2D eigenvalue weighted by Gasteiger charge is 2.38. The molecule has 0 saturated heterocycles. The van der Waals surface area contributed by atoms with E-state index in [4.69, 9.17) is 28.9 Å². The standard InChI is InChI=1S/C31H28Cl2N4O4/c1-15-17(6-4-8-23(15)37-25(38)14-24-20(32)7-5-11-36(24)30(37)40)26-21(33)13-19(29(34)39)28-27(26)18-10-9-16(31(2,3)41)12-22(18)35-28/h4-12,14,19,30,35,40-41H,13H2,1-3H3,(H2,34,39)/t19-,30-/m0/s1. The Balaban J connectivity index is 1.53. The number of allylic oxidation sites excluding steroid dienone is 4. The second-order valence-electron chi connectivity index (χ2n) is 11.0. The van der Waals surface area contributed by atoms with Crippen LogP contribution in [0.25, 0.3) is 16.5 Å². The molecule has 6 rings (SSSR count). The minimum Gasteiger partial charge on any atom is -0.386 e. The van der Waals surface area contributed by atoms with Crippen molar-refractivity contribution in [3.63, 3.8) is 0 Å². The summed E-state index contributed by atoms with van der Waals surface area (Å²) in [5, 5.41) is 23.5. The van der Waals surface area contributed by atoms with Gasteiger partial charge in [-0.1, -0.05) is 47.5 Å². The van der Waals surface area contributed by atoms with Crippen molar-refractivity contribution in [3.05, 3.63) is 105 Å². The van der Waals surface area contributed by atoms with E-state index in [0.29, 0.717) is 43.8 Å². The van der Waals surface area contributed by atoms with Gasteiger partial charge in [-0.25, -0.2) is 0 Å². The van der Waals surface area contributed by atoms with Gasteiger partial charge >= 0.3 is 0 Å². The van der Waals surface area contributed by atoms with E-state index in [1.807, 2.05) is 31.2 Å². The zero-order valence-corrected chi connectivity index (χ0v) is 24.1. The van der Waals surface area contributed by atoms with Gasteiger partial charge in [0.1, 0.15) is 0 Å². The second-order valence-corrected chi connectivity index (χ2v) is 11.8. The van der Waals surface area contributed by atoms with E-state index in [9.17, 15) is 19.8 Å². The number of nitrogens with one attached hydrogen (secondary N) is 1. The van der Waals surface area contributed by atoms with Crippen LogP contribution in [0.5, 0.6) is 0 Å². The maximum atomic E-state index is 13.3. The fourth-order valence-electron chi connectivity index (χ4n) is 5.85.